The third kappa shape index (κ3) is 5.29. The van der Waals surface area contributed by atoms with Gasteiger partial charge in [-0.25, -0.2) is 14.3 Å². The number of rotatable bonds is 6. The lowest BCUT2D eigenvalue weighted by Gasteiger charge is -2.40. The lowest BCUT2D eigenvalue weighted by atomic mass is 9.70. The van der Waals surface area contributed by atoms with Crippen molar-refractivity contribution < 1.29 is 23.9 Å². The van der Waals surface area contributed by atoms with Gasteiger partial charge in [-0.3, -0.25) is 15.0 Å². The summed E-state index contributed by atoms with van der Waals surface area (Å²) in [6.45, 7) is 2.73. The Hall–Kier alpha value is -3.00. The molecule has 0 fully saturated rings. The fraction of sp³-hybridized carbons (Fsp3) is 0.364. The van der Waals surface area contributed by atoms with Crippen LogP contribution in [-0.2, 0) is 11.2 Å². The lowest BCUT2D eigenvalue weighted by molar-refractivity contribution is -0.183. The van der Waals surface area contributed by atoms with Crippen molar-refractivity contribution in [1.82, 2.24) is 5.48 Å². The molecule has 0 saturated carbocycles. The standard InChI is InChI=1S/C22H22F2N2O3/c1-21(20(27)26-29,22(2,28)19(23)24)13-11-17-9-7-16(8-10-17)5-3-4-6-18-12-14-25-15-18/h7-10,12,15,19,28-29H,11,13-14H2,1-2H3,(H,26,27)/t21?,22-/m1/s1. The number of carbonyl (C=O) groups is 1. The Balaban J connectivity index is 2.06. The van der Waals surface area contributed by atoms with E-state index in [0.29, 0.717) is 6.54 Å². The Morgan fingerprint density at radius 3 is 2.45 bits per heavy atom. The van der Waals surface area contributed by atoms with Crippen LogP contribution in [0.25, 0.3) is 0 Å². The zero-order valence-electron chi connectivity index (χ0n) is 16.2. The fourth-order valence-corrected chi connectivity index (χ4v) is 2.75. The number of carbonyl (C=O) groups excluding carboxylic acids is 1. The van der Waals surface area contributed by atoms with Crippen LogP contribution >= 0.6 is 0 Å². The van der Waals surface area contributed by atoms with Gasteiger partial charge in [-0.05, 0) is 62.3 Å². The molecule has 29 heavy (non-hydrogen) atoms. The van der Waals surface area contributed by atoms with Crippen molar-refractivity contribution >= 4 is 12.1 Å². The van der Waals surface area contributed by atoms with Gasteiger partial charge in [0.15, 0.2) is 0 Å². The highest BCUT2D eigenvalue weighted by Gasteiger charge is 2.54. The average molecular weight is 400 g/mol. The molecule has 0 radical (unpaired) electrons. The molecule has 0 saturated heterocycles. The molecule has 1 aromatic carbocycles. The van der Waals surface area contributed by atoms with Crippen molar-refractivity contribution in [2.24, 2.45) is 10.4 Å². The van der Waals surface area contributed by atoms with Gasteiger partial charge in [0.25, 0.3) is 12.3 Å². The van der Waals surface area contributed by atoms with Gasteiger partial charge in [0.05, 0.1) is 12.0 Å². The second-order valence-corrected chi connectivity index (χ2v) is 7.07. The third-order valence-electron chi connectivity index (χ3n) is 5.14. The number of allylic oxidation sites excluding steroid dienone is 1. The molecule has 1 heterocycles. The quantitative estimate of drug-likeness (QED) is 0.390. The van der Waals surface area contributed by atoms with E-state index in [-0.39, 0.29) is 12.8 Å². The Morgan fingerprint density at radius 2 is 1.90 bits per heavy atom. The topological polar surface area (TPSA) is 81.9 Å². The number of alkyl halides is 2. The van der Waals surface area contributed by atoms with Crippen LogP contribution in [0.5, 0.6) is 0 Å². The monoisotopic (exact) mass is 400 g/mol. The maximum Gasteiger partial charge on any atom is 0.267 e. The highest BCUT2D eigenvalue weighted by atomic mass is 19.3. The third-order valence-corrected chi connectivity index (χ3v) is 5.14. The van der Waals surface area contributed by atoms with Gasteiger partial charge in [-0.2, -0.15) is 0 Å². The smallest absolute Gasteiger partial charge is 0.267 e. The maximum atomic E-state index is 13.3. The molecule has 5 nitrogen and oxygen atoms in total. The van der Waals surface area contributed by atoms with Gasteiger partial charge in [-0.1, -0.05) is 24.0 Å². The summed E-state index contributed by atoms with van der Waals surface area (Å²) in [5.74, 6) is 10.2. The second kappa shape index (κ2) is 9.47. The first-order chi connectivity index (χ1) is 13.7. The molecule has 2 rings (SSSR count). The normalized spacial score (nSPS) is 16.6. The molecule has 1 amide bonds. The number of aliphatic hydroxyl groups is 1. The first-order valence-corrected chi connectivity index (χ1v) is 8.96. The Kier molecular flexibility index (Phi) is 7.28. The molecule has 1 aliphatic heterocycles. The van der Waals surface area contributed by atoms with E-state index in [2.05, 4.69) is 28.7 Å². The minimum atomic E-state index is -3.16. The zero-order chi connectivity index (χ0) is 21.5. The zero-order valence-corrected chi connectivity index (χ0v) is 16.2. The molecule has 2 atom stereocenters. The van der Waals surface area contributed by atoms with E-state index in [1.807, 2.05) is 6.08 Å². The Bertz CT molecular complexity index is 929. The molecule has 0 bridgehead atoms. The molecule has 0 spiro atoms. The van der Waals surface area contributed by atoms with Crippen LogP contribution in [0.15, 0.2) is 40.9 Å². The predicted molar refractivity (Wildman–Crippen MR) is 106 cm³/mol. The van der Waals surface area contributed by atoms with Crippen molar-refractivity contribution in [3.63, 3.8) is 0 Å². The van der Waals surface area contributed by atoms with Crippen LogP contribution in [0.1, 0.15) is 31.4 Å². The number of hydrogen-bond acceptors (Lipinski definition) is 4. The molecular formula is C22H22F2N2O3. The molecule has 1 aliphatic rings. The Morgan fingerprint density at radius 1 is 1.24 bits per heavy atom. The number of benzene rings is 1. The molecule has 0 aliphatic carbocycles. The van der Waals surface area contributed by atoms with Crippen LogP contribution in [0.3, 0.4) is 0 Å². The van der Waals surface area contributed by atoms with Crippen molar-refractivity contribution in [2.45, 2.75) is 38.7 Å². The molecule has 152 valence electrons. The van der Waals surface area contributed by atoms with Crippen molar-refractivity contribution in [1.29, 1.82) is 0 Å². The number of aryl methyl sites for hydroxylation is 1. The number of nitrogens with one attached hydrogen (secondary N) is 1. The molecule has 1 aromatic rings. The maximum absolute atomic E-state index is 13.3. The number of hydroxylamine groups is 1. The van der Waals surface area contributed by atoms with Gasteiger partial charge in [0, 0.05) is 17.4 Å². The summed E-state index contributed by atoms with van der Waals surface area (Å²) in [6.07, 6.45) is 0.590. The summed E-state index contributed by atoms with van der Waals surface area (Å²) in [6, 6.07) is 7.04. The highest BCUT2D eigenvalue weighted by Crippen LogP contribution is 2.40. The summed E-state index contributed by atoms with van der Waals surface area (Å²) < 4.78 is 26.6. The van der Waals surface area contributed by atoms with Gasteiger partial charge in [-0.15, -0.1) is 0 Å². The minimum absolute atomic E-state index is 0.0934. The summed E-state index contributed by atoms with van der Waals surface area (Å²) in [5, 5.41) is 19.1. The molecule has 3 N–H and O–H groups in total. The summed E-state index contributed by atoms with van der Waals surface area (Å²) in [7, 11) is 0. The van der Waals surface area contributed by atoms with Gasteiger partial charge in [0.1, 0.15) is 5.60 Å². The first-order valence-electron chi connectivity index (χ1n) is 8.96. The van der Waals surface area contributed by atoms with E-state index < -0.39 is 23.3 Å². The number of aliphatic imine (C=N–C) groups is 1. The van der Waals surface area contributed by atoms with Gasteiger partial charge in [0.2, 0.25) is 0 Å². The van der Waals surface area contributed by atoms with E-state index in [1.165, 1.54) is 12.4 Å². The Labute approximate surface area is 168 Å². The minimum Gasteiger partial charge on any atom is -0.383 e. The largest absolute Gasteiger partial charge is 0.383 e. The lowest BCUT2D eigenvalue weighted by Crippen LogP contribution is -2.57. The molecule has 0 aromatic heterocycles. The van der Waals surface area contributed by atoms with E-state index >= 15 is 0 Å². The number of nitrogens with zero attached hydrogens (tertiary/aromatic N) is 1. The highest BCUT2D eigenvalue weighted by molar-refractivity contribution is 5.87. The molecule has 7 heteroatoms. The van der Waals surface area contributed by atoms with E-state index in [4.69, 9.17) is 5.21 Å². The summed E-state index contributed by atoms with van der Waals surface area (Å²) in [4.78, 5) is 16.0. The molecular weight excluding hydrogens is 378 g/mol. The predicted octanol–water partition coefficient (Wildman–Crippen LogP) is 2.51. The van der Waals surface area contributed by atoms with E-state index in [9.17, 15) is 18.7 Å². The van der Waals surface area contributed by atoms with Crippen LogP contribution in [0.4, 0.5) is 8.78 Å². The van der Waals surface area contributed by atoms with E-state index in [1.54, 1.807) is 30.5 Å². The summed E-state index contributed by atoms with van der Waals surface area (Å²) >= 11 is 0. The SMILES string of the molecule is CC(CCc1ccc(C#CC#CC2=CCN=C2)cc1)(C(=O)NO)[C@](C)(O)C(F)F. The molecule has 1 unspecified atom stereocenters. The van der Waals surface area contributed by atoms with Crippen LogP contribution in [0.2, 0.25) is 0 Å². The first kappa shape index (κ1) is 22.3. The van der Waals surface area contributed by atoms with Crippen molar-refractivity contribution in [2.75, 3.05) is 6.54 Å². The van der Waals surface area contributed by atoms with Gasteiger partial charge >= 0.3 is 0 Å². The number of halogens is 2. The second-order valence-electron chi connectivity index (χ2n) is 7.07. The van der Waals surface area contributed by atoms with Crippen molar-refractivity contribution in [3.05, 3.63) is 47.0 Å². The summed E-state index contributed by atoms with van der Waals surface area (Å²) in [5.41, 5.74) is -0.769. The van der Waals surface area contributed by atoms with Gasteiger partial charge < -0.3 is 5.11 Å². The number of hydrogen-bond donors (Lipinski definition) is 3. The van der Waals surface area contributed by atoms with Crippen molar-refractivity contribution in [3.8, 4) is 23.7 Å². The average Bonchev–Trinajstić information content (AvgIpc) is 3.22. The fourth-order valence-electron chi connectivity index (χ4n) is 2.75. The van der Waals surface area contributed by atoms with E-state index in [0.717, 1.165) is 23.6 Å². The van der Waals surface area contributed by atoms with Crippen LogP contribution in [0, 0.1) is 29.1 Å². The van der Waals surface area contributed by atoms with Crippen LogP contribution in [-0.4, -0.2) is 41.0 Å². The number of amides is 1. The van der Waals surface area contributed by atoms with Crippen LogP contribution < -0.4 is 5.48 Å².